The van der Waals surface area contributed by atoms with Gasteiger partial charge in [0.25, 0.3) is 0 Å². The van der Waals surface area contributed by atoms with E-state index in [4.69, 9.17) is 10.2 Å². The van der Waals surface area contributed by atoms with E-state index in [1.165, 1.54) is 12.1 Å². The van der Waals surface area contributed by atoms with Crippen LogP contribution in [0.1, 0.15) is 0 Å². The van der Waals surface area contributed by atoms with E-state index in [0.29, 0.717) is 0 Å². The van der Waals surface area contributed by atoms with Crippen LogP contribution in [0.15, 0.2) is 37.9 Å². The van der Waals surface area contributed by atoms with E-state index in [9.17, 15) is 25.2 Å². The van der Waals surface area contributed by atoms with Crippen molar-refractivity contribution in [3.63, 3.8) is 0 Å². The molecule has 6 N–H and O–H groups in total. The fourth-order valence-electron chi connectivity index (χ4n) is 2.16. The average molecular weight is 380 g/mol. The number of rotatable bonds is 1. The third-order valence-corrected chi connectivity index (χ3v) is 4.17. The van der Waals surface area contributed by atoms with Crippen LogP contribution in [0.5, 0.6) is 23.0 Å². The van der Waals surface area contributed by atoms with Gasteiger partial charge in [-0.2, -0.15) is 0 Å². The Kier molecular flexibility index (Phi) is 3.33. The molecule has 8 heteroatoms. The highest BCUT2D eigenvalue weighted by molar-refractivity contribution is 9.10. The molecule has 0 spiro atoms. The van der Waals surface area contributed by atoms with Gasteiger partial charge in [-0.25, -0.2) is 0 Å². The molecule has 1 aromatic heterocycles. The quantitative estimate of drug-likeness (QED) is 0.323. The summed E-state index contributed by atoms with van der Waals surface area (Å²) in [7, 11) is 0. The van der Waals surface area contributed by atoms with E-state index >= 15 is 0 Å². The van der Waals surface area contributed by atoms with Gasteiger partial charge in [0.15, 0.2) is 22.5 Å². The summed E-state index contributed by atoms with van der Waals surface area (Å²) in [6.45, 7) is 0. The first-order valence-corrected chi connectivity index (χ1v) is 7.09. The molecule has 0 amide bonds. The fourth-order valence-corrected chi connectivity index (χ4v) is 2.66. The van der Waals surface area contributed by atoms with Crippen LogP contribution in [0, 0.1) is 0 Å². The van der Waals surface area contributed by atoms with Gasteiger partial charge in [0.05, 0.1) is 9.86 Å². The van der Waals surface area contributed by atoms with Crippen LogP contribution in [-0.2, 0) is 0 Å². The molecule has 0 fully saturated rings. The van der Waals surface area contributed by atoms with Crippen LogP contribution in [0.25, 0.3) is 22.3 Å². The molecular weight excluding hydrogens is 370 g/mol. The number of anilines is 1. The molecule has 2 aromatic carbocycles. The zero-order valence-corrected chi connectivity index (χ0v) is 13.0. The van der Waals surface area contributed by atoms with Gasteiger partial charge >= 0.3 is 0 Å². The van der Waals surface area contributed by atoms with E-state index in [2.05, 4.69) is 15.9 Å². The third kappa shape index (κ3) is 2.23. The SMILES string of the molecule is Nc1c(O)ccc2c(=O)cc(-c3cc(O)c(O)c(O)c3Br)oc12. The lowest BCUT2D eigenvalue weighted by molar-refractivity contribution is 0.366. The number of hydrogen-bond donors (Lipinski definition) is 5. The van der Waals surface area contributed by atoms with Crippen molar-refractivity contribution in [3.8, 4) is 34.3 Å². The van der Waals surface area contributed by atoms with Gasteiger partial charge in [0.1, 0.15) is 17.2 Å². The number of aromatic hydroxyl groups is 4. The largest absolute Gasteiger partial charge is 0.506 e. The smallest absolute Gasteiger partial charge is 0.201 e. The molecule has 0 atom stereocenters. The molecule has 23 heavy (non-hydrogen) atoms. The summed E-state index contributed by atoms with van der Waals surface area (Å²) in [5.41, 5.74) is 5.29. The monoisotopic (exact) mass is 379 g/mol. The number of phenolic OH excluding ortho intramolecular Hbond substituents is 4. The fraction of sp³-hybridized carbons (Fsp3) is 0. The van der Waals surface area contributed by atoms with E-state index in [1.807, 2.05) is 0 Å². The van der Waals surface area contributed by atoms with Gasteiger partial charge in [-0.05, 0) is 34.1 Å². The first kappa shape index (κ1) is 15.0. The minimum atomic E-state index is -0.707. The molecular formula is C15H10BrNO6. The minimum Gasteiger partial charge on any atom is -0.506 e. The maximum Gasteiger partial charge on any atom is 0.201 e. The second-order valence-corrected chi connectivity index (χ2v) is 5.60. The molecule has 118 valence electrons. The maximum absolute atomic E-state index is 12.2. The highest BCUT2D eigenvalue weighted by Gasteiger charge is 2.19. The van der Waals surface area contributed by atoms with Crippen LogP contribution >= 0.6 is 15.9 Å². The Bertz CT molecular complexity index is 1010. The molecule has 3 rings (SSSR count). The van der Waals surface area contributed by atoms with Crippen molar-refractivity contribution in [1.82, 2.24) is 0 Å². The number of nitrogen functional groups attached to an aromatic ring is 1. The van der Waals surface area contributed by atoms with Crippen LogP contribution in [0.3, 0.4) is 0 Å². The molecule has 0 aliphatic heterocycles. The van der Waals surface area contributed by atoms with Crippen molar-refractivity contribution < 1.29 is 24.8 Å². The maximum atomic E-state index is 12.2. The molecule has 0 saturated heterocycles. The first-order valence-electron chi connectivity index (χ1n) is 6.30. The molecule has 0 aliphatic rings. The number of fused-ring (bicyclic) bond motifs is 1. The second kappa shape index (κ2) is 5.10. The van der Waals surface area contributed by atoms with E-state index in [0.717, 1.165) is 12.1 Å². The Hall–Kier alpha value is -2.87. The van der Waals surface area contributed by atoms with Crippen molar-refractivity contribution in [3.05, 3.63) is 39.0 Å². The Labute approximate surface area is 137 Å². The highest BCUT2D eigenvalue weighted by atomic mass is 79.9. The number of benzene rings is 2. The van der Waals surface area contributed by atoms with Crippen molar-refractivity contribution in [2.24, 2.45) is 0 Å². The van der Waals surface area contributed by atoms with Crippen molar-refractivity contribution in [2.75, 3.05) is 5.73 Å². The van der Waals surface area contributed by atoms with Crippen LogP contribution < -0.4 is 11.2 Å². The lowest BCUT2D eigenvalue weighted by Crippen LogP contribution is -2.02. The third-order valence-electron chi connectivity index (χ3n) is 3.37. The van der Waals surface area contributed by atoms with Gasteiger partial charge in [0.2, 0.25) is 5.75 Å². The van der Waals surface area contributed by atoms with Crippen LogP contribution in [-0.4, -0.2) is 20.4 Å². The lowest BCUT2D eigenvalue weighted by Gasteiger charge is -2.10. The normalized spacial score (nSPS) is 11.0. The van der Waals surface area contributed by atoms with E-state index < -0.39 is 22.7 Å². The molecule has 3 aromatic rings. The number of halogens is 1. The Balaban J connectivity index is 2.39. The predicted molar refractivity (Wildman–Crippen MR) is 86.7 cm³/mol. The van der Waals surface area contributed by atoms with E-state index in [1.54, 1.807) is 0 Å². The Morgan fingerprint density at radius 3 is 2.39 bits per heavy atom. The van der Waals surface area contributed by atoms with Crippen molar-refractivity contribution >= 4 is 32.6 Å². The zero-order valence-electron chi connectivity index (χ0n) is 11.4. The van der Waals surface area contributed by atoms with Gasteiger partial charge in [-0.15, -0.1) is 0 Å². The minimum absolute atomic E-state index is 0.0164. The Morgan fingerprint density at radius 2 is 1.70 bits per heavy atom. The molecule has 1 heterocycles. The molecule has 0 unspecified atom stereocenters. The van der Waals surface area contributed by atoms with Crippen LogP contribution in [0.2, 0.25) is 0 Å². The summed E-state index contributed by atoms with van der Waals surface area (Å²) in [5.74, 6) is -2.16. The summed E-state index contributed by atoms with van der Waals surface area (Å²) in [5, 5.41) is 38.7. The van der Waals surface area contributed by atoms with E-state index in [-0.39, 0.29) is 38.2 Å². The molecule has 0 aliphatic carbocycles. The summed E-state index contributed by atoms with van der Waals surface area (Å²) in [6, 6.07) is 4.91. The van der Waals surface area contributed by atoms with Gasteiger partial charge < -0.3 is 30.6 Å². The molecule has 0 saturated carbocycles. The van der Waals surface area contributed by atoms with Crippen molar-refractivity contribution in [1.29, 1.82) is 0 Å². The summed E-state index contributed by atoms with van der Waals surface area (Å²) in [6.07, 6.45) is 0. The van der Waals surface area contributed by atoms with Crippen LogP contribution in [0.4, 0.5) is 5.69 Å². The molecule has 0 radical (unpaired) electrons. The first-order chi connectivity index (χ1) is 10.8. The number of hydrogen-bond acceptors (Lipinski definition) is 7. The Morgan fingerprint density at radius 1 is 1.00 bits per heavy atom. The average Bonchev–Trinajstić information content (AvgIpc) is 2.52. The molecule has 7 nitrogen and oxygen atoms in total. The second-order valence-electron chi connectivity index (χ2n) is 4.80. The standard InChI is InChI=1S/C15H10BrNO6/c16-11-6(3-9(20)13(21)14(11)22)10-4-8(19)5-1-2-7(18)12(17)15(5)23-10/h1-4,18,20-22H,17H2. The van der Waals surface area contributed by atoms with Gasteiger partial charge in [0, 0.05) is 11.6 Å². The summed E-state index contributed by atoms with van der Waals surface area (Å²) >= 11 is 3.06. The number of phenols is 4. The highest BCUT2D eigenvalue weighted by Crippen LogP contribution is 2.46. The van der Waals surface area contributed by atoms with Crippen molar-refractivity contribution in [2.45, 2.75) is 0 Å². The topological polar surface area (TPSA) is 137 Å². The zero-order chi connectivity index (χ0) is 16.9. The number of nitrogens with two attached hydrogens (primary N) is 1. The summed E-state index contributed by atoms with van der Waals surface area (Å²) in [4.78, 5) is 12.2. The summed E-state index contributed by atoms with van der Waals surface area (Å²) < 4.78 is 5.57. The molecule has 0 bridgehead atoms. The lowest BCUT2D eigenvalue weighted by atomic mass is 10.1. The van der Waals surface area contributed by atoms with Gasteiger partial charge in [-0.1, -0.05) is 0 Å². The predicted octanol–water partition coefficient (Wildman–Crippen LogP) is 2.63. The van der Waals surface area contributed by atoms with Gasteiger partial charge in [-0.3, -0.25) is 4.79 Å².